The van der Waals surface area contributed by atoms with E-state index in [2.05, 4.69) is 57.8 Å². The normalized spacial score (nSPS) is 10.5. The standard InChI is InChI=1S/C9H9BrF2.C9H9ClF2.C9H10F2.C8H6BrF3.C7H5BrCl2.2C6H6ClN/c1-5(2)6-3-7(11)9(10)8(12)4-6;1-5(2)7-3-6(11)4-8(12)9(7)10;1-6(2)7-3-8(10)5-9(11)4-7;1-5-2-6(8(10,11)12)4-7(9)3-5;1-4-2-5(9)7(8)6(10)3-4;1-5-4-6(7)2-3-8-5;1-5-6(7)3-2-4-8-5/h2*3-5H,1-2H3;3-6H,1-2H3;2-4H,1H3;2-3H,1H3;2*2-4H,1H3. The highest BCUT2D eigenvalue weighted by Crippen LogP contribution is 2.33. The Hall–Kier alpha value is -3.34. The molecule has 0 saturated carbocycles. The summed E-state index contributed by atoms with van der Waals surface area (Å²) in [6.45, 7) is 18.6. The Morgan fingerprint density at radius 3 is 1.37 bits per heavy atom. The maximum atomic E-state index is 12.9. The van der Waals surface area contributed by atoms with Crippen molar-refractivity contribution in [2.24, 2.45) is 0 Å². The first-order valence-corrected chi connectivity index (χ1v) is 25.9. The van der Waals surface area contributed by atoms with Crippen molar-refractivity contribution in [1.82, 2.24) is 9.97 Å². The average molecular weight is 1320 g/mol. The maximum absolute atomic E-state index is 12.9. The molecule has 7 aromatic rings. The van der Waals surface area contributed by atoms with Gasteiger partial charge in [0.25, 0.3) is 0 Å². The Morgan fingerprint density at radius 1 is 0.479 bits per heavy atom. The number of hydrogen-bond donors (Lipinski definition) is 0. The summed E-state index contributed by atoms with van der Waals surface area (Å²) in [5.41, 5.74) is 4.76. The molecule has 2 nitrogen and oxygen atoms in total. The lowest BCUT2D eigenvalue weighted by atomic mass is 10.0. The molecule has 7 rings (SSSR count). The fraction of sp³-hybridized carbons (Fsp3) is 0.259. The van der Waals surface area contributed by atoms with E-state index < -0.39 is 46.6 Å². The first kappa shape index (κ1) is 67.7. The number of aryl methyl sites for hydroxylation is 4. The highest BCUT2D eigenvalue weighted by Gasteiger charge is 2.30. The van der Waals surface area contributed by atoms with Crippen LogP contribution in [0.5, 0.6) is 0 Å². The van der Waals surface area contributed by atoms with Crippen LogP contribution >= 0.6 is 106 Å². The molecular weight excluding hydrogens is 1260 g/mol. The lowest BCUT2D eigenvalue weighted by Gasteiger charge is -2.08. The van der Waals surface area contributed by atoms with E-state index in [1.807, 2.05) is 92.6 Å². The molecule has 0 fully saturated rings. The van der Waals surface area contributed by atoms with Gasteiger partial charge in [-0.05, 0) is 190 Å². The van der Waals surface area contributed by atoms with Gasteiger partial charge in [0.1, 0.15) is 34.9 Å². The summed E-state index contributed by atoms with van der Waals surface area (Å²) in [5, 5.41) is 2.81. The number of rotatable bonds is 3. The smallest absolute Gasteiger partial charge is 0.262 e. The quantitative estimate of drug-likeness (QED) is 0.100. The molecule has 0 unspecified atom stereocenters. The highest BCUT2D eigenvalue weighted by molar-refractivity contribution is 9.11. The lowest BCUT2D eigenvalue weighted by molar-refractivity contribution is -0.137. The van der Waals surface area contributed by atoms with Crippen LogP contribution in [0, 0.1) is 62.6 Å². The fourth-order valence-corrected chi connectivity index (χ4v) is 7.70. The number of aromatic nitrogens is 2. The zero-order valence-corrected chi connectivity index (χ0v) is 49.5. The van der Waals surface area contributed by atoms with Gasteiger partial charge in [0, 0.05) is 39.7 Å². The van der Waals surface area contributed by atoms with Crippen LogP contribution in [0.25, 0.3) is 0 Å². The molecule has 0 atom stereocenters. The van der Waals surface area contributed by atoms with E-state index in [0.717, 1.165) is 55.7 Å². The number of benzene rings is 5. The first-order chi connectivity index (χ1) is 33.7. The Labute approximate surface area is 472 Å². The second kappa shape index (κ2) is 33.0. The Bertz CT molecular complexity index is 2730. The van der Waals surface area contributed by atoms with E-state index in [9.17, 15) is 39.5 Å². The molecule has 0 aliphatic carbocycles. The summed E-state index contributed by atoms with van der Waals surface area (Å²) in [6, 6.07) is 23.1. The molecule has 5 aromatic carbocycles. The largest absolute Gasteiger partial charge is 0.416 e. The van der Waals surface area contributed by atoms with Gasteiger partial charge in [-0.2, -0.15) is 13.2 Å². The molecule has 19 heteroatoms. The van der Waals surface area contributed by atoms with Gasteiger partial charge in [0.05, 0.1) is 40.3 Å². The first-order valence-electron chi connectivity index (χ1n) is 21.6. The van der Waals surface area contributed by atoms with Crippen LogP contribution in [-0.2, 0) is 6.18 Å². The topological polar surface area (TPSA) is 25.8 Å². The van der Waals surface area contributed by atoms with Crippen molar-refractivity contribution < 1.29 is 39.5 Å². The molecule has 0 radical (unpaired) electrons. The van der Waals surface area contributed by atoms with E-state index in [1.165, 1.54) is 30.3 Å². The number of hydrogen-bond acceptors (Lipinski definition) is 2. The molecule has 0 saturated heterocycles. The van der Waals surface area contributed by atoms with Crippen molar-refractivity contribution in [3.63, 3.8) is 0 Å². The molecule has 0 amide bonds. The summed E-state index contributed by atoms with van der Waals surface area (Å²) in [6.07, 6.45) is -0.840. The number of alkyl halides is 3. The molecule has 2 heterocycles. The van der Waals surface area contributed by atoms with Gasteiger partial charge in [-0.15, -0.1) is 0 Å². The molecule has 0 aliphatic heterocycles. The van der Waals surface area contributed by atoms with E-state index in [1.54, 1.807) is 31.5 Å². The summed E-state index contributed by atoms with van der Waals surface area (Å²) in [7, 11) is 0. The second-order valence-corrected chi connectivity index (χ2v) is 21.0. The van der Waals surface area contributed by atoms with Crippen LogP contribution < -0.4 is 0 Å². The summed E-state index contributed by atoms with van der Waals surface area (Å²) in [5.74, 6) is -3.04. The minimum Gasteiger partial charge on any atom is -0.262 e. The number of halogens is 17. The van der Waals surface area contributed by atoms with Crippen molar-refractivity contribution in [2.75, 3.05) is 0 Å². The third kappa shape index (κ3) is 26.3. The predicted octanol–water partition coefficient (Wildman–Crippen LogP) is 22.6. The molecule has 0 spiro atoms. The van der Waals surface area contributed by atoms with Crippen molar-refractivity contribution in [3.05, 3.63) is 228 Å². The van der Waals surface area contributed by atoms with Crippen molar-refractivity contribution >= 4 is 106 Å². The van der Waals surface area contributed by atoms with Crippen LogP contribution in [0.2, 0.25) is 25.1 Å². The van der Waals surface area contributed by atoms with Gasteiger partial charge < -0.3 is 0 Å². The van der Waals surface area contributed by atoms with Gasteiger partial charge in [0.2, 0.25) is 0 Å². The lowest BCUT2D eigenvalue weighted by Crippen LogP contribution is -2.04. The highest BCUT2D eigenvalue weighted by atomic mass is 79.9. The van der Waals surface area contributed by atoms with Gasteiger partial charge >= 0.3 is 6.18 Å². The molecule has 0 N–H and O–H groups in total. The predicted molar refractivity (Wildman–Crippen MR) is 295 cm³/mol. The number of nitrogens with zero attached hydrogens (tertiary/aromatic N) is 2. The van der Waals surface area contributed by atoms with Crippen LogP contribution in [0.4, 0.5) is 39.5 Å². The van der Waals surface area contributed by atoms with Crippen molar-refractivity contribution in [2.45, 2.75) is 93.2 Å². The van der Waals surface area contributed by atoms with Crippen LogP contribution in [0.3, 0.4) is 0 Å². The van der Waals surface area contributed by atoms with E-state index in [0.29, 0.717) is 36.8 Å². The summed E-state index contributed by atoms with van der Waals surface area (Å²) >= 11 is 37.5. The van der Waals surface area contributed by atoms with Crippen molar-refractivity contribution in [3.8, 4) is 0 Å². The molecule has 73 heavy (non-hydrogen) atoms. The van der Waals surface area contributed by atoms with Crippen LogP contribution in [0.1, 0.15) is 104 Å². The minimum absolute atomic E-state index is 0.0198. The van der Waals surface area contributed by atoms with Crippen LogP contribution in [-0.4, -0.2) is 9.97 Å². The zero-order valence-electron chi connectivity index (χ0n) is 40.9. The van der Waals surface area contributed by atoms with Crippen LogP contribution in [0.15, 0.2) is 123 Å². The Morgan fingerprint density at radius 2 is 0.973 bits per heavy atom. The third-order valence-corrected chi connectivity index (χ3v) is 13.3. The van der Waals surface area contributed by atoms with Gasteiger partial charge in [-0.1, -0.05) is 115 Å². The zero-order chi connectivity index (χ0) is 56.1. The molecule has 2 aromatic heterocycles. The second-order valence-electron chi connectivity index (χ2n) is 16.5. The maximum Gasteiger partial charge on any atom is 0.416 e. The van der Waals surface area contributed by atoms with Gasteiger partial charge in [0.15, 0.2) is 0 Å². The minimum atomic E-state index is -4.26. The Balaban J connectivity index is 0.000000428. The monoisotopic (exact) mass is 1310 g/mol. The van der Waals surface area contributed by atoms with Gasteiger partial charge in [-0.3, -0.25) is 9.97 Å². The van der Waals surface area contributed by atoms with E-state index in [4.69, 9.17) is 58.0 Å². The van der Waals surface area contributed by atoms with Crippen molar-refractivity contribution in [1.29, 1.82) is 0 Å². The summed E-state index contributed by atoms with van der Waals surface area (Å²) in [4.78, 5) is 7.90. The number of pyridine rings is 2. The molecular formula is C54H51Br3Cl5F9N2. The summed E-state index contributed by atoms with van der Waals surface area (Å²) < 4.78 is 114. The van der Waals surface area contributed by atoms with Gasteiger partial charge in [-0.25, -0.2) is 26.3 Å². The average Bonchev–Trinajstić information content (AvgIpc) is 3.27. The van der Waals surface area contributed by atoms with E-state index >= 15 is 0 Å². The Kier molecular flexibility index (Phi) is 30.6. The fourth-order valence-electron chi connectivity index (χ4n) is 5.37. The molecule has 0 bridgehead atoms. The van der Waals surface area contributed by atoms with E-state index in [-0.39, 0.29) is 27.2 Å². The molecule has 396 valence electrons. The third-order valence-electron chi connectivity index (χ3n) is 9.17. The molecule has 0 aliphatic rings. The SMILES string of the molecule is CC(C)c1cc(F)c(Br)c(F)c1.CC(C)c1cc(F)cc(F)c1.CC(C)c1cc(F)cc(F)c1Cl.Cc1cc(Br)cc(C(F)(F)F)c1.Cc1cc(Cl)c(Br)c(Cl)c1.Cc1cc(Cl)ccn1.Cc1ncccc1Cl.